The van der Waals surface area contributed by atoms with Crippen molar-refractivity contribution in [1.82, 2.24) is 0 Å². The van der Waals surface area contributed by atoms with E-state index >= 15 is 0 Å². The van der Waals surface area contributed by atoms with Crippen LogP contribution in [0.5, 0.6) is 0 Å². The first-order chi connectivity index (χ1) is 6.52. The van der Waals surface area contributed by atoms with Crippen molar-refractivity contribution >= 4 is 11.9 Å². The number of carboxylic acid groups (broad SMARTS) is 1. The zero-order chi connectivity index (χ0) is 10.6. The molecule has 0 amide bonds. The maximum atomic E-state index is 10.9. The second-order valence-electron chi connectivity index (χ2n) is 4.02. The lowest BCUT2D eigenvalue weighted by molar-refractivity contribution is -0.148. The van der Waals surface area contributed by atoms with Gasteiger partial charge in [-0.15, -0.1) is 0 Å². The minimum absolute atomic E-state index is 0.134. The van der Waals surface area contributed by atoms with Crippen LogP contribution in [0.1, 0.15) is 45.4 Å². The average Bonchev–Trinajstić information content (AvgIpc) is 2.41. The third-order valence-corrected chi connectivity index (χ3v) is 2.56. The molecule has 14 heavy (non-hydrogen) atoms. The summed E-state index contributed by atoms with van der Waals surface area (Å²) in [5, 5.41) is 8.43. The van der Waals surface area contributed by atoms with Crippen LogP contribution in [0.15, 0.2) is 0 Å². The van der Waals surface area contributed by atoms with Gasteiger partial charge < -0.3 is 9.84 Å². The van der Waals surface area contributed by atoms with Crippen molar-refractivity contribution in [2.24, 2.45) is 0 Å². The van der Waals surface area contributed by atoms with E-state index < -0.39 is 5.97 Å². The number of esters is 1. The van der Waals surface area contributed by atoms with Gasteiger partial charge in [-0.3, -0.25) is 9.59 Å². The lowest BCUT2D eigenvalue weighted by atomic mass is 9.95. The standard InChI is InChI=1S/C10H16O4/c1-10(7-5-9(13)14-10)6-3-2-4-8(11)12/h2-7H2,1H3,(H,11,12). The number of hydrogen-bond acceptors (Lipinski definition) is 3. The Bertz CT molecular complexity index is 236. The number of carboxylic acids is 1. The number of carbonyl (C=O) groups excluding carboxylic acids is 1. The Labute approximate surface area is 83.2 Å². The van der Waals surface area contributed by atoms with Crippen LogP contribution in [0.25, 0.3) is 0 Å². The fourth-order valence-corrected chi connectivity index (χ4v) is 1.69. The van der Waals surface area contributed by atoms with Gasteiger partial charge >= 0.3 is 11.9 Å². The summed E-state index contributed by atoms with van der Waals surface area (Å²) in [6, 6.07) is 0. The monoisotopic (exact) mass is 200 g/mol. The van der Waals surface area contributed by atoms with E-state index in [2.05, 4.69) is 0 Å². The number of aliphatic carboxylic acids is 1. The van der Waals surface area contributed by atoms with E-state index in [1.165, 1.54) is 0 Å². The molecular formula is C10H16O4. The number of ether oxygens (including phenoxy) is 1. The van der Waals surface area contributed by atoms with E-state index in [1.54, 1.807) is 0 Å². The van der Waals surface area contributed by atoms with Gasteiger partial charge in [0, 0.05) is 12.8 Å². The first kappa shape index (κ1) is 11.0. The predicted octanol–water partition coefficient (Wildman–Crippen LogP) is 1.73. The van der Waals surface area contributed by atoms with Crippen LogP contribution in [0.2, 0.25) is 0 Å². The number of carbonyl (C=O) groups is 2. The molecular weight excluding hydrogens is 184 g/mol. The highest BCUT2D eigenvalue weighted by Gasteiger charge is 2.34. The fourth-order valence-electron chi connectivity index (χ4n) is 1.69. The molecule has 1 atom stereocenters. The minimum Gasteiger partial charge on any atom is -0.481 e. The number of rotatable bonds is 5. The molecule has 0 aliphatic carbocycles. The van der Waals surface area contributed by atoms with Gasteiger partial charge in [-0.2, -0.15) is 0 Å². The third kappa shape index (κ3) is 3.36. The molecule has 0 aromatic rings. The number of hydrogen-bond donors (Lipinski definition) is 1. The van der Waals surface area contributed by atoms with E-state index in [9.17, 15) is 9.59 Å². The van der Waals surface area contributed by atoms with Gasteiger partial charge in [-0.1, -0.05) is 0 Å². The van der Waals surface area contributed by atoms with Crippen molar-refractivity contribution in [2.75, 3.05) is 0 Å². The first-order valence-corrected chi connectivity index (χ1v) is 4.95. The second kappa shape index (κ2) is 4.44. The van der Waals surface area contributed by atoms with E-state index in [-0.39, 0.29) is 18.0 Å². The molecule has 1 unspecified atom stereocenters. The van der Waals surface area contributed by atoms with Crippen molar-refractivity contribution in [3.63, 3.8) is 0 Å². The molecule has 1 aliphatic rings. The number of cyclic esters (lactones) is 1. The lowest BCUT2D eigenvalue weighted by Crippen LogP contribution is -2.23. The maximum Gasteiger partial charge on any atom is 0.306 e. The zero-order valence-corrected chi connectivity index (χ0v) is 8.41. The Kier molecular flexibility index (Phi) is 3.49. The summed E-state index contributed by atoms with van der Waals surface area (Å²) in [5.41, 5.74) is -0.338. The van der Waals surface area contributed by atoms with E-state index in [4.69, 9.17) is 9.84 Å². The second-order valence-corrected chi connectivity index (χ2v) is 4.02. The molecule has 0 saturated carbocycles. The van der Waals surface area contributed by atoms with Gasteiger partial charge in [0.05, 0.1) is 0 Å². The van der Waals surface area contributed by atoms with Crippen molar-refractivity contribution in [2.45, 2.75) is 51.0 Å². The predicted molar refractivity (Wildman–Crippen MR) is 49.8 cm³/mol. The Morgan fingerprint density at radius 2 is 2.29 bits per heavy atom. The SMILES string of the molecule is CC1(CCCCC(=O)O)CCC(=O)O1. The van der Waals surface area contributed by atoms with Gasteiger partial charge in [0.15, 0.2) is 0 Å². The topological polar surface area (TPSA) is 63.6 Å². The molecule has 1 heterocycles. The van der Waals surface area contributed by atoms with Gasteiger partial charge in [0.1, 0.15) is 5.60 Å². The molecule has 1 saturated heterocycles. The molecule has 0 bridgehead atoms. The molecule has 0 aromatic heterocycles. The Hall–Kier alpha value is -1.06. The van der Waals surface area contributed by atoms with Crippen LogP contribution in [-0.2, 0) is 14.3 Å². The lowest BCUT2D eigenvalue weighted by Gasteiger charge is -2.21. The minimum atomic E-state index is -0.765. The van der Waals surface area contributed by atoms with E-state index in [0.717, 1.165) is 19.3 Å². The molecule has 4 nitrogen and oxygen atoms in total. The van der Waals surface area contributed by atoms with E-state index in [0.29, 0.717) is 12.8 Å². The first-order valence-electron chi connectivity index (χ1n) is 4.95. The largest absolute Gasteiger partial charge is 0.481 e. The van der Waals surface area contributed by atoms with Gasteiger partial charge in [0.2, 0.25) is 0 Å². The molecule has 0 aromatic carbocycles. The average molecular weight is 200 g/mol. The van der Waals surface area contributed by atoms with Gasteiger partial charge in [-0.05, 0) is 32.6 Å². The fraction of sp³-hybridized carbons (Fsp3) is 0.800. The highest BCUT2D eigenvalue weighted by atomic mass is 16.6. The molecule has 0 spiro atoms. The Balaban J connectivity index is 2.17. The van der Waals surface area contributed by atoms with Crippen LogP contribution in [0.4, 0.5) is 0 Å². The van der Waals surface area contributed by atoms with E-state index in [1.807, 2.05) is 6.92 Å². The summed E-state index contributed by atoms with van der Waals surface area (Å²) in [4.78, 5) is 21.1. The van der Waals surface area contributed by atoms with Crippen molar-refractivity contribution < 1.29 is 19.4 Å². The summed E-state index contributed by atoms with van der Waals surface area (Å²) in [6.45, 7) is 1.92. The van der Waals surface area contributed by atoms with Crippen LogP contribution < -0.4 is 0 Å². The molecule has 1 N–H and O–H groups in total. The summed E-state index contributed by atoms with van der Waals surface area (Å²) < 4.78 is 5.17. The molecule has 1 rings (SSSR count). The highest BCUT2D eigenvalue weighted by Crippen LogP contribution is 2.31. The Morgan fingerprint density at radius 1 is 1.57 bits per heavy atom. The highest BCUT2D eigenvalue weighted by molar-refractivity contribution is 5.72. The van der Waals surface area contributed by atoms with Crippen molar-refractivity contribution in [1.29, 1.82) is 0 Å². The summed E-state index contributed by atoms with van der Waals surface area (Å²) in [5.74, 6) is -0.899. The van der Waals surface area contributed by atoms with Crippen LogP contribution >= 0.6 is 0 Å². The Morgan fingerprint density at radius 3 is 2.79 bits per heavy atom. The quantitative estimate of drug-likeness (QED) is 0.542. The molecule has 0 radical (unpaired) electrons. The molecule has 4 heteroatoms. The molecule has 1 aliphatic heterocycles. The summed E-state index contributed by atoms with van der Waals surface area (Å²) >= 11 is 0. The number of unbranched alkanes of at least 4 members (excludes halogenated alkanes) is 1. The smallest absolute Gasteiger partial charge is 0.306 e. The van der Waals surface area contributed by atoms with Crippen LogP contribution in [0.3, 0.4) is 0 Å². The van der Waals surface area contributed by atoms with Gasteiger partial charge in [-0.25, -0.2) is 0 Å². The molecule has 1 fully saturated rings. The van der Waals surface area contributed by atoms with Gasteiger partial charge in [0.25, 0.3) is 0 Å². The maximum absolute atomic E-state index is 10.9. The van der Waals surface area contributed by atoms with Crippen molar-refractivity contribution in [3.05, 3.63) is 0 Å². The van der Waals surface area contributed by atoms with Crippen molar-refractivity contribution in [3.8, 4) is 0 Å². The molecule has 80 valence electrons. The normalized spacial score (nSPS) is 26.2. The zero-order valence-electron chi connectivity index (χ0n) is 8.41. The summed E-state index contributed by atoms with van der Waals surface area (Å²) in [7, 11) is 0. The third-order valence-electron chi connectivity index (χ3n) is 2.56. The van der Waals surface area contributed by atoms with Crippen LogP contribution in [0, 0.1) is 0 Å². The van der Waals surface area contributed by atoms with Crippen LogP contribution in [-0.4, -0.2) is 22.6 Å². The summed E-state index contributed by atoms with van der Waals surface area (Å²) in [6.07, 6.45) is 3.68.